The molecule has 172 valence electrons. The number of rotatable bonds is 6. The van der Waals surface area contributed by atoms with Crippen LogP contribution in [0.15, 0.2) is 28.6 Å². The topological polar surface area (TPSA) is 74.3 Å². The molecule has 2 N–H and O–H groups in total. The summed E-state index contributed by atoms with van der Waals surface area (Å²) < 4.78 is 81.6. The predicted molar refractivity (Wildman–Crippen MR) is 113 cm³/mol. The maximum absolute atomic E-state index is 14.7. The van der Waals surface area contributed by atoms with Crippen LogP contribution in [-0.2, 0) is 10.0 Å². The first kappa shape index (κ1) is 24.0. The second kappa shape index (κ2) is 9.08. The van der Waals surface area contributed by atoms with Gasteiger partial charge in [-0.3, -0.25) is 4.72 Å². The number of nitrogens with one attached hydrogen (secondary N) is 2. The standard InChI is InChI=1S/C18H21ClF4N4O2S2/c1-27(2)15-4-3-10(18(21,22)23)7-14(15)25-13-9-12(20)16(8-11(13)19)31(28,29)26-17-24-5-6-30-17/h5-6,8-10,14-15,25H,3-4,7H2,1-2H3,(H,24,26). The van der Waals surface area contributed by atoms with Gasteiger partial charge in [-0.15, -0.1) is 11.3 Å². The lowest BCUT2D eigenvalue weighted by Crippen LogP contribution is -2.49. The van der Waals surface area contributed by atoms with Crippen molar-refractivity contribution in [2.75, 3.05) is 24.1 Å². The Labute approximate surface area is 186 Å². The molecule has 0 amide bonds. The van der Waals surface area contributed by atoms with E-state index in [9.17, 15) is 26.0 Å². The highest BCUT2D eigenvalue weighted by molar-refractivity contribution is 7.93. The Morgan fingerprint density at radius 2 is 1.97 bits per heavy atom. The number of anilines is 2. The molecule has 0 aliphatic heterocycles. The van der Waals surface area contributed by atoms with Crippen molar-refractivity contribution in [2.45, 2.75) is 42.4 Å². The Morgan fingerprint density at radius 3 is 2.55 bits per heavy atom. The largest absolute Gasteiger partial charge is 0.391 e. The summed E-state index contributed by atoms with van der Waals surface area (Å²) in [6.07, 6.45) is -2.83. The number of sulfonamides is 1. The Balaban J connectivity index is 1.86. The number of alkyl halides is 3. The van der Waals surface area contributed by atoms with E-state index in [-0.39, 0.29) is 34.7 Å². The van der Waals surface area contributed by atoms with Crippen molar-refractivity contribution in [3.05, 3.63) is 34.5 Å². The minimum Gasteiger partial charge on any atom is -0.379 e. The van der Waals surface area contributed by atoms with Crippen LogP contribution in [0.25, 0.3) is 0 Å². The van der Waals surface area contributed by atoms with Crippen LogP contribution in [-0.4, -0.2) is 50.7 Å². The Kier molecular flexibility index (Phi) is 7.04. The molecular weight excluding hydrogens is 480 g/mol. The highest BCUT2D eigenvalue weighted by Gasteiger charge is 2.45. The summed E-state index contributed by atoms with van der Waals surface area (Å²) in [6.45, 7) is 0. The summed E-state index contributed by atoms with van der Waals surface area (Å²) in [7, 11) is -0.766. The van der Waals surface area contributed by atoms with Crippen LogP contribution in [0.4, 0.5) is 28.4 Å². The van der Waals surface area contributed by atoms with Gasteiger partial charge in [-0.1, -0.05) is 11.6 Å². The fourth-order valence-electron chi connectivity index (χ4n) is 3.71. The van der Waals surface area contributed by atoms with Crippen LogP contribution in [0.5, 0.6) is 0 Å². The molecule has 3 rings (SSSR count). The lowest BCUT2D eigenvalue weighted by atomic mass is 9.81. The van der Waals surface area contributed by atoms with Gasteiger partial charge in [0, 0.05) is 23.7 Å². The van der Waals surface area contributed by atoms with Crippen LogP contribution in [0.1, 0.15) is 19.3 Å². The summed E-state index contributed by atoms with van der Waals surface area (Å²) in [4.78, 5) is 4.92. The van der Waals surface area contributed by atoms with E-state index < -0.39 is 38.9 Å². The quantitative estimate of drug-likeness (QED) is 0.557. The SMILES string of the molecule is CN(C)C1CCC(C(F)(F)F)CC1Nc1cc(F)c(S(=O)(=O)Nc2nccs2)cc1Cl. The summed E-state index contributed by atoms with van der Waals surface area (Å²) in [5, 5.41) is 4.40. The van der Waals surface area contributed by atoms with Crippen molar-refractivity contribution < 1.29 is 26.0 Å². The van der Waals surface area contributed by atoms with Gasteiger partial charge in [0.2, 0.25) is 0 Å². The average molecular weight is 501 g/mol. The van der Waals surface area contributed by atoms with E-state index in [1.165, 1.54) is 6.20 Å². The molecule has 13 heteroatoms. The molecule has 31 heavy (non-hydrogen) atoms. The molecule has 3 atom stereocenters. The van der Waals surface area contributed by atoms with Crippen molar-refractivity contribution in [1.29, 1.82) is 0 Å². The Hall–Kier alpha value is -1.63. The van der Waals surface area contributed by atoms with Gasteiger partial charge in [-0.2, -0.15) is 13.2 Å². The van der Waals surface area contributed by atoms with Gasteiger partial charge < -0.3 is 10.2 Å². The minimum atomic E-state index is -4.33. The van der Waals surface area contributed by atoms with Gasteiger partial charge in [0.05, 0.1) is 16.6 Å². The van der Waals surface area contributed by atoms with Crippen molar-refractivity contribution in [1.82, 2.24) is 9.88 Å². The van der Waals surface area contributed by atoms with Crippen molar-refractivity contribution >= 4 is 43.8 Å². The molecule has 1 fully saturated rings. The van der Waals surface area contributed by atoms with Crippen LogP contribution < -0.4 is 10.0 Å². The van der Waals surface area contributed by atoms with Crippen LogP contribution in [0.2, 0.25) is 5.02 Å². The highest BCUT2D eigenvalue weighted by Crippen LogP contribution is 2.40. The number of halogens is 5. The zero-order chi connectivity index (χ0) is 23.0. The fourth-order valence-corrected chi connectivity index (χ4v) is 5.87. The van der Waals surface area contributed by atoms with E-state index in [1.807, 2.05) is 4.90 Å². The van der Waals surface area contributed by atoms with E-state index in [0.29, 0.717) is 6.42 Å². The molecule has 6 nitrogen and oxygen atoms in total. The number of likely N-dealkylation sites (N-methyl/N-ethyl adjacent to an activating group) is 1. The lowest BCUT2D eigenvalue weighted by Gasteiger charge is -2.41. The normalized spacial score (nSPS) is 22.5. The first-order valence-corrected chi connectivity index (χ1v) is 12.0. The van der Waals surface area contributed by atoms with E-state index in [4.69, 9.17) is 11.6 Å². The first-order valence-electron chi connectivity index (χ1n) is 9.29. The van der Waals surface area contributed by atoms with E-state index in [1.54, 1.807) is 19.5 Å². The maximum Gasteiger partial charge on any atom is 0.391 e. The van der Waals surface area contributed by atoms with Gasteiger partial charge in [0.1, 0.15) is 10.7 Å². The smallest absolute Gasteiger partial charge is 0.379 e. The number of nitrogens with zero attached hydrogens (tertiary/aromatic N) is 2. The second-order valence-electron chi connectivity index (χ2n) is 7.54. The predicted octanol–water partition coefficient (Wildman–Crippen LogP) is 4.81. The van der Waals surface area contributed by atoms with E-state index in [2.05, 4.69) is 15.0 Å². The molecule has 0 spiro atoms. The van der Waals surface area contributed by atoms with Crippen LogP contribution in [0, 0.1) is 11.7 Å². The van der Waals surface area contributed by atoms with Gasteiger partial charge in [-0.05, 0) is 45.5 Å². The summed E-state index contributed by atoms with van der Waals surface area (Å²) in [5.41, 5.74) is 0.0343. The Bertz CT molecular complexity index is 1020. The molecule has 1 aliphatic carbocycles. The van der Waals surface area contributed by atoms with Crippen molar-refractivity contribution in [3.63, 3.8) is 0 Å². The molecule has 1 saturated carbocycles. The number of aromatic nitrogens is 1. The third-order valence-corrected chi connectivity index (χ3v) is 7.73. The third-order valence-electron chi connectivity index (χ3n) is 5.25. The molecule has 0 bridgehead atoms. The van der Waals surface area contributed by atoms with Gasteiger partial charge in [0.15, 0.2) is 5.13 Å². The second-order valence-corrected chi connectivity index (χ2v) is 10.5. The molecule has 3 unspecified atom stereocenters. The monoisotopic (exact) mass is 500 g/mol. The number of hydrogen-bond donors (Lipinski definition) is 2. The molecule has 1 aromatic heterocycles. The first-order chi connectivity index (χ1) is 14.4. The van der Waals surface area contributed by atoms with Crippen molar-refractivity contribution in [3.8, 4) is 0 Å². The molecule has 2 aromatic rings. The van der Waals surface area contributed by atoms with Crippen LogP contribution >= 0.6 is 22.9 Å². The van der Waals surface area contributed by atoms with E-state index >= 15 is 0 Å². The molecule has 1 aromatic carbocycles. The molecule has 1 aliphatic rings. The highest BCUT2D eigenvalue weighted by atomic mass is 35.5. The molecule has 0 saturated heterocycles. The molecular formula is C18H21ClF4N4O2S2. The third kappa shape index (κ3) is 5.60. The van der Waals surface area contributed by atoms with E-state index in [0.717, 1.165) is 23.5 Å². The maximum atomic E-state index is 14.7. The minimum absolute atomic E-state index is 0.00618. The van der Waals surface area contributed by atoms with Crippen LogP contribution in [0.3, 0.4) is 0 Å². The summed E-state index contributed by atoms with van der Waals surface area (Å²) in [6, 6.07) is 0.947. The number of benzene rings is 1. The molecule has 1 heterocycles. The molecule has 0 radical (unpaired) electrons. The summed E-state index contributed by atoms with van der Waals surface area (Å²) in [5.74, 6) is -2.56. The van der Waals surface area contributed by atoms with Crippen molar-refractivity contribution in [2.24, 2.45) is 5.92 Å². The zero-order valence-corrected chi connectivity index (χ0v) is 19.0. The lowest BCUT2D eigenvalue weighted by molar-refractivity contribution is -0.185. The van der Waals surface area contributed by atoms with Gasteiger partial charge >= 0.3 is 6.18 Å². The number of thiazole rings is 1. The zero-order valence-electron chi connectivity index (χ0n) is 16.6. The average Bonchev–Trinajstić information content (AvgIpc) is 3.15. The van der Waals surface area contributed by atoms with Gasteiger partial charge in [-0.25, -0.2) is 17.8 Å². The Morgan fingerprint density at radius 1 is 1.26 bits per heavy atom. The number of hydrogen-bond acceptors (Lipinski definition) is 6. The fraction of sp³-hybridized carbons (Fsp3) is 0.500. The summed E-state index contributed by atoms with van der Waals surface area (Å²) >= 11 is 7.21. The van der Waals surface area contributed by atoms with Gasteiger partial charge in [0.25, 0.3) is 10.0 Å².